The van der Waals surface area contributed by atoms with Crippen molar-refractivity contribution in [1.29, 1.82) is 0 Å². The summed E-state index contributed by atoms with van der Waals surface area (Å²) in [5, 5.41) is 8.85. The molecule has 2 aliphatic rings. The number of pyridine rings is 1. The summed E-state index contributed by atoms with van der Waals surface area (Å²) in [6.07, 6.45) is 3.47. The average molecular weight is 623 g/mol. The van der Waals surface area contributed by atoms with Crippen LogP contribution in [-0.2, 0) is 17.8 Å². The van der Waals surface area contributed by atoms with Crippen LogP contribution in [0.25, 0.3) is 39.2 Å². The van der Waals surface area contributed by atoms with Crippen LogP contribution >= 0.6 is 0 Å². The van der Waals surface area contributed by atoms with Crippen molar-refractivity contribution in [3.8, 4) is 28.2 Å². The fourth-order valence-corrected chi connectivity index (χ4v) is 6.60. The summed E-state index contributed by atoms with van der Waals surface area (Å²) in [6, 6.07) is 11.3. The first kappa shape index (κ1) is 29.5. The minimum atomic E-state index is -0.778. The van der Waals surface area contributed by atoms with Crippen molar-refractivity contribution in [2.24, 2.45) is 0 Å². The third-order valence-electron chi connectivity index (χ3n) is 8.86. The van der Waals surface area contributed by atoms with Gasteiger partial charge in [-0.1, -0.05) is 56.0 Å². The summed E-state index contributed by atoms with van der Waals surface area (Å²) < 4.78 is 35.2. The van der Waals surface area contributed by atoms with Crippen LogP contribution in [-0.4, -0.2) is 66.0 Å². The van der Waals surface area contributed by atoms with Gasteiger partial charge in [-0.05, 0) is 48.6 Å². The van der Waals surface area contributed by atoms with Gasteiger partial charge in [0, 0.05) is 43.3 Å². The quantitative estimate of drug-likeness (QED) is 0.264. The predicted molar refractivity (Wildman–Crippen MR) is 171 cm³/mol. The number of rotatable bonds is 3. The Morgan fingerprint density at radius 2 is 1.87 bits per heavy atom. The van der Waals surface area contributed by atoms with Gasteiger partial charge in [0.25, 0.3) is 0 Å². The maximum Gasteiger partial charge on any atom is 0.355 e. The first-order valence-corrected chi connectivity index (χ1v) is 15.3. The Morgan fingerprint density at radius 1 is 1.07 bits per heavy atom. The Balaban J connectivity index is 1.57. The third-order valence-corrected chi connectivity index (χ3v) is 8.86. The second kappa shape index (κ2) is 11.3. The molecule has 0 N–H and O–H groups in total. The van der Waals surface area contributed by atoms with Gasteiger partial charge in [-0.3, -0.25) is 9.48 Å². The molecule has 1 amide bonds. The van der Waals surface area contributed by atoms with Gasteiger partial charge in [0.05, 0.1) is 17.3 Å². The van der Waals surface area contributed by atoms with E-state index in [9.17, 15) is 9.59 Å². The smallest absolute Gasteiger partial charge is 0.350 e. The van der Waals surface area contributed by atoms with Crippen molar-refractivity contribution in [3.05, 3.63) is 94.6 Å². The molecule has 7 rings (SSSR count). The Hall–Kier alpha value is -5.26. The van der Waals surface area contributed by atoms with Gasteiger partial charge in [0.1, 0.15) is 23.0 Å². The molecule has 1 atom stereocenters. The fourth-order valence-electron chi connectivity index (χ4n) is 6.60. The lowest BCUT2D eigenvalue weighted by Gasteiger charge is -2.40. The number of hydrogen-bond donors (Lipinski definition) is 0. The third kappa shape index (κ3) is 4.75. The first-order valence-electron chi connectivity index (χ1n) is 15.3. The van der Waals surface area contributed by atoms with Gasteiger partial charge < -0.3 is 9.80 Å². The van der Waals surface area contributed by atoms with E-state index < -0.39 is 17.3 Å². The molecule has 12 heteroatoms. The zero-order valence-corrected chi connectivity index (χ0v) is 25.7. The molecular formula is C34H32F2N8O2. The van der Waals surface area contributed by atoms with Gasteiger partial charge in [-0.2, -0.15) is 4.98 Å². The minimum absolute atomic E-state index is 0.0128. The molecule has 2 aromatic carbocycles. The lowest BCUT2D eigenvalue weighted by Crippen LogP contribution is -2.54. The molecule has 4 bridgehead atoms. The van der Waals surface area contributed by atoms with Gasteiger partial charge in [0.15, 0.2) is 11.5 Å². The molecule has 0 aliphatic carbocycles. The summed E-state index contributed by atoms with van der Waals surface area (Å²) in [5.74, 6) is -1.38. The van der Waals surface area contributed by atoms with E-state index in [4.69, 9.17) is 4.98 Å². The summed E-state index contributed by atoms with van der Waals surface area (Å²) in [5.41, 5.74) is 2.29. The molecule has 1 fully saturated rings. The number of anilines is 1. The first-order chi connectivity index (χ1) is 22.2. The Kier molecular flexibility index (Phi) is 7.22. The van der Waals surface area contributed by atoms with E-state index in [0.29, 0.717) is 54.9 Å². The number of aryl methyl sites for hydroxylation is 2. The Morgan fingerprint density at radius 3 is 2.63 bits per heavy atom. The molecule has 234 valence electrons. The highest BCUT2D eigenvalue weighted by atomic mass is 19.1. The average Bonchev–Trinajstić information content (AvgIpc) is 3.52. The van der Waals surface area contributed by atoms with E-state index in [1.165, 1.54) is 28.8 Å². The zero-order valence-electron chi connectivity index (χ0n) is 25.7. The number of fused-ring (bicyclic) bond motifs is 8. The Bertz CT molecular complexity index is 2100. The standard InChI is InChI=1S/C34H32F2N8O2/c1-5-28(45)41-14-15-43(20(4)17-41)32-24-16-26(36)30-29-23(10-7-11-25(29)35)27-18-42(40-39-27)13-12-21-8-6-9-22(19(2)3)31(21)44(33(24)37-30)34(46)38-32/h5-11,16,18-20H,1,12-15,17H2,2-4H3/t20-/m0/s1. The van der Waals surface area contributed by atoms with Crippen LogP contribution in [0.4, 0.5) is 14.6 Å². The summed E-state index contributed by atoms with van der Waals surface area (Å²) >= 11 is 0. The van der Waals surface area contributed by atoms with Crippen molar-refractivity contribution in [2.45, 2.75) is 45.7 Å². The summed E-state index contributed by atoms with van der Waals surface area (Å²) in [4.78, 5) is 39.6. The van der Waals surface area contributed by atoms with E-state index in [1.54, 1.807) is 21.8 Å². The van der Waals surface area contributed by atoms with Crippen molar-refractivity contribution in [2.75, 3.05) is 24.5 Å². The normalized spacial score (nSPS) is 16.1. The summed E-state index contributed by atoms with van der Waals surface area (Å²) in [6.45, 7) is 11.1. The number of carbonyl (C=O) groups excluding carboxylic acids is 1. The van der Waals surface area contributed by atoms with Crippen molar-refractivity contribution in [1.82, 2.24) is 34.4 Å². The highest BCUT2D eigenvalue weighted by molar-refractivity contribution is 5.92. The predicted octanol–water partition coefficient (Wildman–Crippen LogP) is 4.89. The maximum atomic E-state index is 16.4. The van der Waals surface area contributed by atoms with Crippen LogP contribution in [0.5, 0.6) is 0 Å². The topological polar surface area (TPSA) is 102 Å². The molecule has 0 spiro atoms. The molecule has 5 aromatic rings. The fraction of sp³-hybridized carbons (Fsp3) is 0.294. The van der Waals surface area contributed by atoms with Crippen molar-refractivity contribution < 1.29 is 13.6 Å². The van der Waals surface area contributed by atoms with Crippen molar-refractivity contribution in [3.63, 3.8) is 0 Å². The molecular weight excluding hydrogens is 590 g/mol. The van der Waals surface area contributed by atoms with Gasteiger partial charge >= 0.3 is 5.69 Å². The van der Waals surface area contributed by atoms with E-state index in [-0.39, 0.29) is 40.6 Å². The summed E-state index contributed by atoms with van der Waals surface area (Å²) in [7, 11) is 0. The van der Waals surface area contributed by atoms with Crippen LogP contribution in [0.15, 0.2) is 66.1 Å². The number of hydrogen-bond acceptors (Lipinski definition) is 7. The van der Waals surface area contributed by atoms with E-state index in [2.05, 4.69) is 21.9 Å². The van der Waals surface area contributed by atoms with Crippen LogP contribution in [0.2, 0.25) is 0 Å². The van der Waals surface area contributed by atoms with E-state index in [1.807, 2.05) is 43.9 Å². The van der Waals surface area contributed by atoms with Gasteiger partial charge in [-0.25, -0.2) is 23.1 Å². The van der Waals surface area contributed by atoms with Gasteiger partial charge in [-0.15, -0.1) is 5.10 Å². The maximum absolute atomic E-state index is 16.4. The molecule has 46 heavy (non-hydrogen) atoms. The minimum Gasteiger partial charge on any atom is -0.350 e. The Labute approximate surface area is 263 Å². The molecule has 3 aromatic heterocycles. The monoisotopic (exact) mass is 622 g/mol. The lowest BCUT2D eigenvalue weighted by atomic mass is 9.96. The molecule has 10 nitrogen and oxygen atoms in total. The number of halogens is 2. The number of piperazine rings is 1. The number of para-hydroxylation sites is 1. The molecule has 1 saturated heterocycles. The zero-order chi connectivity index (χ0) is 32.3. The highest BCUT2D eigenvalue weighted by Gasteiger charge is 2.31. The van der Waals surface area contributed by atoms with E-state index >= 15 is 8.78 Å². The lowest BCUT2D eigenvalue weighted by molar-refractivity contribution is -0.126. The van der Waals surface area contributed by atoms with Crippen LogP contribution < -0.4 is 10.6 Å². The number of amides is 1. The highest BCUT2D eigenvalue weighted by Crippen LogP contribution is 2.38. The SMILES string of the molecule is C=CC(=O)N1CCN(c2nc(=O)n3c4nc(c(F)cc24)-c2c(F)cccc2-c2cn(nn2)CCc2cccc(C(C)C)c2-3)[C@@H](C)C1. The van der Waals surface area contributed by atoms with Gasteiger partial charge in [0.2, 0.25) is 5.91 Å². The number of nitrogens with zero attached hydrogens (tertiary/aromatic N) is 8. The van der Waals surface area contributed by atoms with Crippen LogP contribution in [0, 0.1) is 11.6 Å². The van der Waals surface area contributed by atoms with Crippen LogP contribution in [0.3, 0.4) is 0 Å². The molecule has 0 saturated carbocycles. The molecule has 2 aliphatic heterocycles. The number of benzene rings is 2. The van der Waals surface area contributed by atoms with E-state index in [0.717, 1.165) is 11.1 Å². The molecule has 0 radical (unpaired) electrons. The second-order valence-electron chi connectivity index (χ2n) is 12.1. The number of carbonyl (C=O) groups is 1. The molecule has 0 unspecified atom stereocenters. The second-order valence-corrected chi connectivity index (χ2v) is 12.1. The largest absolute Gasteiger partial charge is 0.355 e. The molecule has 5 heterocycles. The van der Waals surface area contributed by atoms with Crippen molar-refractivity contribution >= 4 is 22.8 Å². The number of aromatic nitrogens is 6. The van der Waals surface area contributed by atoms with Crippen LogP contribution in [0.1, 0.15) is 37.8 Å².